The summed E-state index contributed by atoms with van der Waals surface area (Å²) in [6, 6.07) is 10.2. The molecule has 0 heterocycles. The third-order valence-corrected chi connectivity index (χ3v) is 6.58. The first-order valence-corrected chi connectivity index (χ1v) is 9.75. The summed E-state index contributed by atoms with van der Waals surface area (Å²) >= 11 is 0. The fourth-order valence-corrected chi connectivity index (χ4v) is 5.16. The van der Waals surface area contributed by atoms with E-state index in [2.05, 4.69) is 25.6 Å². The highest BCUT2D eigenvalue weighted by molar-refractivity contribution is 5.75. The fourth-order valence-electron chi connectivity index (χ4n) is 5.16. The molecule has 2 aliphatic rings. The average Bonchev–Trinajstić information content (AvgIpc) is 2.89. The molecular formula is C23H32O3. The molecule has 1 aromatic carbocycles. The van der Waals surface area contributed by atoms with E-state index in [1.165, 1.54) is 5.56 Å². The van der Waals surface area contributed by atoms with Crippen molar-refractivity contribution in [1.29, 1.82) is 0 Å². The number of hydrogen-bond acceptors (Lipinski definition) is 3. The van der Waals surface area contributed by atoms with Gasteiger partial charge in [-0.05, 0) is 57.4 Å². The summed E-state index contributed by atoms with van der Waals surface area (Å²) in [5, 5.41) is 11.1. The number of benzene rings is 1. The van der Waals surface area contributed by atoms with Gasteiger partial charge in [0.1, 0.15) is 6.10 Å². The Bertz CT molecular complexity index is 660. The number of allylic oxidation sites excluding steroid dienone is 1. The molecule has 26 heavy (non-hydrogen) atoms. The predicted octanol–water partition coefficient (Wildman–Crippen LogP) is 4.71. The molecule has 3 heteroatoms. The number of fused-ring (bicyclic) bond motifs is 1. The van der Waals surface area contributed by atoms with Crippen LogP contribution in [0.25, 0.3) is 0 Å². The number of hydrogen-bond donors (Lipinski definition) is 1. The van der Waals surface area contributed by atoms with Crippen molar-refractivity contribution in [1.82, 2.24) is 0 Å². The Morgan fingerprint density at radius 3 is 2.50 bits per heavy atom. The molecule has 1 aromatic rings. The molecule has 0 aromatic heterocycles. The van der Waals surface area contributed by atoms with Crippen LogP contribution in [0.15, 0.2) is 43.0 Å². The van der Waals surface area contributed by atoms with Crippen LogP contribution in [0.4, 0.5) is 0 Å². The summed E-state index contributed by atoms with van der Waals surface area (Å²) in [5.74, 6) is 0.457. The van der Waals surface area contributed by atoms with E-state index >= 15 is 0 Å². The Labute approximate surface area is 157 Å². The lowest BCUT2D eigenvalue weighted by Crippen LogP contribution is -2.49. The second-order valence-electron chi connectivity index (χ2n) is 9.35. The van der Waals surface area contributed by atoms with Crippen LogP contribution >= 0.6 is 0 Å². The molecule has 2 aliphatic carbocycles. The van der Waals surface area contributed by atoms with E-state index in [1.807, 2.05) is 45.0 Å². The minimum Gasteiger partial charge on any atom is -0.461 e. The van der Waals surface area contributed by atoms with Gasteiger partial charge in [0, 0.05) is 11.3 Å². The van der Waals surface area contributed by atoms with Crippen molar-refractivity contribution in [3.8, 4) is 0 Å². The van der Waals surface area contributed by atoms with Crippen molar-refractivity contribution in [2.24, 2.45) is 22.7 Å². The number of rotatable bonds is 3. The number of ether oxygens (including phenoxy) is 1. The molecule has 1 N–H and O–H groups in total. The normalized spacial score (nSPS) is 37.0. The quantitative estimate of drug-likeness (QED) is 0.630. The third kappa shape index (κ3) is 3.22. The molecule has 0 spiro atoms. The van der Waals surface area contributed by atoms with Crippen LogP contribution < -0.4 is 0 Å². The van der Waals surface area contributed by atoms with Crippen LogP contribution in [0.1, 0.15) is 58.4 Å². The van der Waals surface area contributed by atoms with E-state index in [0.717, 1.165) is 12.8 Å². The van der Waals surface area contributed by atoms with Crippen LogP contribution in [-0.2, 0) is 9.53 Å². The molecule has 0 saturated heterocycles. The molecular weight excluding hydrogens is 324 g/mol. The molecule has 0 amide bonds. The topological polar surface area (TPSA) is 46.5 Å². The number of aliphatic hydroxyl groups excluding tert-OH is 1. The van der Waals surface area contributed by atoms with Crippen molar-refractivity contribution in [3.63, 3.8) is 0 Å². The van der Waals surface area contributed by atoms with Crippen LogP contribution in [0.3, 0.4) is 0 Å². The van der Waals surface area contributed by atoms with Crippen LogP contribution in [0, 0.1) is 22.7 Å². The number of esters is 1. The lowest BCUT2D eigenvalue weighted by atomic mass is 9.57. The Hall–Kier alpha value is -1.61. The first kappa shape index (κ1) is 19.2. The first-order chi connectivity index (χ1) is 12.2. The number of carbonyl (C=O) groups is 1. The second-order valence-corrected chi connectivity index (χ2v) is 9.35. The predicted molar refractivity (Wildman–Crippen MR) is 104 cm³/mol. The highest BCUT2D eigenvalue weighted by atomic mass is 16.5. The van der Waals surface area contributed by atoms with E-state index in [9.17, 15) is 9.90 Å². The van der Waals surface area contributed by atoms with Crippen molar-refractivity contribution < 1.29 is 14.6 Å². The van der Waals surface area contributed by atoms with Gasteiger partial charge in [-0.2, -0.15) is 0 Å². The number of carbonyl (C=O) groups excluding carboxylic acids is 1. The molecule has 2 fully saturated rings. The maximum Gasteiger partial charge on any atom is 0.311 e. The molecule has 0 bridgehead atoms. The second kappa shape index (κ2) is 6.84. The van der Waals surface area contributed by atoms with Gasteiger partial charge in [0.05, 0.1) is 11.5 Å². The van der Waals surface area contributed by atoms with Gasteiger partial charge in [0.25, 0.3) is 0 Å². The Morgan fingerprint density at radius 2 is 1.92 bits per heavy atom. The van der Waals surface area contributed by atoms with E-state index in [-0.39, 0.29) is 29.3 Å². The highest BCUT2D eigenvalue weighted by Crippen LogP contribution is 2.59. The summed E-state index contributed by atoms with van der Waals surface area (Å²) in [6.45, 7) is 11.9. The van der Waals surface area contributed by atoms with Gasteiger partial charge >= 0.3 is 5.97 Å². The molecule has 3 rings (SSSR count). The fraction of sp³-hybridized carbons (Fsp3) is 0.609. The van der Waals surface area contributed by atoms with E-state index in [1.54, 1.807) is 0 Å². The molecule has 0 radical (unpaired) electrons. The summed E-state index contributed by atoms with van der Waals surface area (Å²) in [6.07, 6.45) is 3.94. The summed E-state index contributed by atoms with van der Waals surface area (Å²) in [5.41, 5.74) is 0.457. The van der Waals surface area contributed by atoms with Gasteiger partial charge in [0.2, 0.25) is 0 Å². The van der Waals surface area contributed by atoms with E-state index in [0.29, 0.717) is 12.3 Å². The van der Waals surface area contributed by atoms with Crippen molar-refractivity contribution >= 4 is 5.97 Å². The summed E-state index contributed by atoms with van der Waals surface area (Å²) in [4.78, 5) is 12.5. The zero-order valence-electron chi connectivity index (χ0n) is 16.4. The molecule has 2 saturated carbocycles. The van der Waals surface area contributed by atoms with Crippen LogP contribution in [0.2, 0.25) is 0 Å². The van der Waals surface area contributed by atoms with E-state index in [4.69, 9.17) is 4.74 Å². The molecule has 6 atom stereocenters. The van der Waals surface area contributed by atoms with Gasteiger partial charge in [-0.25, -0.2) is 0 Å². The monoisotopic (exact) mass is 356 g/mol. The van der Waals surface area contributed by atoms with Gasteiger partial charge in [-0.3, -0.25) is 4.79 Å². The molecule has 142 valence electrons. The maximum atomic E-state index is 12.5. The van der Waals surface area contributed by atoms with Gasteiger partial charge in [0.15, 0.2) is 0 Å². The highest BCUT2D eigenvalue weighted by Gasteiger charge is 2.57. The van der Waals surface area contributed by atoms with Crippen LogP contribution in [-0.4, -0.2) is 23.3 Å². The van der Waals surface area contributed by atoms with Gasteiger partial charge in [-0.1, -0.05) is 43.3 Å². The summed E-state index contributed by atoms with van der Waals surface area (Å²) < 4.78 is 5.95. The smallest absolute Gasteiger partial charge is 0.311 e. The largest absolute Gasteiger partial charge is 0.461 e. The standard InChI is InChI=1S/C23H32O3/c1-6-16-17-12-13-19(26-21(25)22(2,3)4)23(17,5)14-18(24)20(16)15-10-8-7-9-11-15/h6-11,16-20,24H,1,12-14H2,2-5H3/t16?,17?,18-,19-,20+,23-/m0/s1. The first-order valence-electron chi connectivity index (χ1n) is 9.75. The SMILES string of the molecule is C=CC1C2CC[C@H](OC(=O)C(C)(C)C)[C@@]2(C)C[C@H](O)[C@@H]1c1ccccc1. The molecule has 0 aliphatic heterocycles. The molecule has 3 nitrogen and oxygen atoms in total. The van der Waals surface area contributed by atoms with Crippen molar-refractivity contribution in [2.45, 2.75) is 65.1 Å². The Balaban J connectivity index is 1.88. The lowest BCUT2D eigenvalue weighted by molar-refractivity contribution is -0.169. The maximum absolute atomic E-state index is 12.5. The minimum atomic E-state index is -0.508. The average molecular weight is 357 g/mol. The van der Waals surface area contributed by atoms with Gasteiger partial charge in [-0.15, -0.1) is 6.58 Å². The Morgan fingerprint density at radius 1 is 1.27 bits per heavy atom. The lowest BCUT2D eigenvalue weighted by Gasteiger charge is -2.49. The van der Waals surface area contributed by atoms with E-state index < -0.39 is 11.5 Å². The zero-order chi connectivity index (χ0) is 19.1. The van der Waals surface area contributed by atoms with Crippen LogP contribution in [0.5, 0.6) is 0 Å². The molecule has 2 unspecified atom stereocenters. The third-order valence-electron chi connectivity index (χ3n) is 6.58. The van der Waals surface area contributed by atoms with Crippen molar-refractivity contribution in [2.75, 3.05) is 0 Å². The zero-order valence-corrected chi connectivity index (χ0v) is 16.4. The minimum absolute atomic E-state index is 0.0591. The number of aliphatic hydroxyl groups is 1. The van der Waals surface area contributed by atoms with Crippen molar-refractivity contribution in [3.05, 3.63) is 48.6 Å². The Kier molecular flexibility index (Phi) is 5.04. The van der Waals surface area contributed by atoms with Gasteiger partial charge < -0.3 is 9.84 Å². The summed E-state index contributed by atoms with van der Waals surface area (Å²) in [7, 11) is 0.